The first-order chi connectivity index (χ1) is 12.4. The molecule has 0 fully saturated rings. The average Bonchev–Trinajstić information content (AvgIpc) is 2.62. The van der Waals surface area contributed by atoms with E-state index in [2.05, 4.69) is 38.0 Å². The minimum atomic E-state index is -1.05. The molecule has 0 spiro atoms. The van der Waals surface area contributed by atoms with E-state index in [9.17, 15) is 9.59 Å². The highest BCUT2D eigenvalue weighted by Crippen LogP contribution is 2.25. The predicted octanol–water partition coefficient (Wildman–Crippen LogP) is 2.99. The van der Waals surface area contributed by atoms with Crippen molar-refractivity contribution in [2.45, 2.75) is 33.7 Å². The molecule has 2 heterocycles. The molecule has 26 heavy (non-hydrogen) atoms. The van der Waals surface area contributed by atoms with Gasteiger partial charge in [0.25, 0.3) is 5.56 Å². The standard InChI is InChI=1S/C19H23BrN3O2P/c1-4-16(9-8-14(2)20)21-18(24)13-23-19(25)12-17(15(3)22-23)26-10-6-5-7-11-26/h5-12,26H,4,13H2,1-3H3,(H,21,24)/b14-8+,16-9+. The van der Waals surface area contributed by atoms with Crippen LogP contribution in [-0.4, -0.2) is 21.5 Å². The fraction of sp³-hybridized carbons (Fsp3) is 0.263. The summed E-state index contributed by atoms with van der Waals surface area (Å²) in [5, 5.41) is 8.14. The van der Waals surface area contributed by atoms with Gasteiger partial charge in [-0.25, -0.2) is 4.68 Å². The van der Waals surface area contributed by atoms with Crippen LogP contribution in [0, 0.1) is 6.92 Å². The van der Waals surface area contributed by atoms with E-state index in [0.717, 1.165) is 21.2 Å². The zero-order chi connectivity index (χ0) is 19.1. The number of carbonyl (C=O) groups is 1. The Balaban J connectivity index is 2.17. The van der Waals surface area contributed by atoms with Crippen molar-refractivity contribution >= 4 is 40.5 Å². The number of amides is 1. The third kappa shape index (κ3) is 5.82. The highest BCUT2D eigenvalue weighted by Gasteiger charge is 2.11. The van der Waals surface area contributed by atoms with Crippen molar-refractivity contribution in [1.29, 1.82) is 0 Å². The molecule has 0 bridgehead atoms. The van der Waals surface area contributed by atoms with E-state index in [1.54, 1.807) is 6.07 Å². The number of aromatic nitrogens is 2. The number of rotatable bonds is 6. The van der Waals surface area contributed by atoms with E-state index in [1.165, 1.54) is 4.68 Å². The van der Waals surface area contributed by atoms with Crippen LogP contribution < -0.4 is 16.2 Å². The molecule has 0 saturated carbocycles. The molecule has 1 aromatic rings. The van der Waals surface area contributed by atoms with Crippen LogP contribution in [0.2, 0.25) is 0 Å². The molecular formula is C19H23BrN3O2P. The maximum Gasteiger partial charge on any atom is 0.267 e. The molecule has 138 valence electrons. The molecule has 1 unspecified atom stereocenters. The lowest BCUT2D eigenvalue weighted by Crippen LogP contribution is -2.35. The van der Waals surface area contributed by atoms with E-state index in [1.807, 2.05) is 51.2 Å². The van der Waals surface area contributed by atoms with Gasteiger partial charge in [0.15, 0.2) is 0 Å². The van der Waals surface area contributed by atoms with E-state index < -0.39 is 7.55 Å². The fourth-order valence-corrected chi connectivity index (χ4v) is 4.43. The third-order valence-corrected chi connectivity index (χ3v) is 6.25. The first-order valence-corrected chi connectivity index (χ1v) is 10.8. The lowest BCUT2D eigenvalue weighted by molar-refractivity contribution is -0.121. The number of allylic oxidation sites excluding steroid dienone is 7. The summed E-state index contributed by atoms with van der Waals surface area (Å²) < 4.78 is 2.19. The number of nitrogens with zero attached hydrogens (tertiary/aromatic N) is 2. The van der Waals surface area contributed by atoms with Gasteiger partial charge in [-0.3, -0.25) is 9.59 Å². The normalized spacial score (nSPS) is 17.2. The molecule has 0 radical (unpaired) electrons. The van der Waals surface area contributed by atoms with Crippen LogP contribution >= 0.6 is 23.5 Å². The number of carbonyl (C=O) groups excluding carboxylic acids is 1. The Kier molecular flexibility index (Phi) is 7.61. The van der Waals surface area contributed by atoms with E-state index in [4.69, 9.17) is 0 Å². The summed E-state index contributed by atoms with van der Waals surface area (Å²) in [5.74, 6) is 3.97. The summed E-state index contributed by atoms with van der Waals surface area (Å²) in [6.07, 6.45) is 10.4. The zero-order valence-corrected chi connectivity index (χ0v) is 17.7. The molecule has 0 aromatic carbocycles. The second-order valence-electron chi connectivity index (χ2n) is 5.85. The first kappa shape index (κ1) is 20.4. The summed E-state index contributed by atoms with van der Waals surface area (Å²) in [7, 11) is -1.05. The van der Waals surface area contributed by atoms with Crippen molar-refractivity contribution in [2.75, 3.05) is 0 Å². The minimum absolute atomic E-state index is 0.101. The van der Waals surface area contributed by atoms with E-state index in [-0.39, 0.29) is 18.0 Å². The quantitative estimate of drug-likeness (QED) is 0.551. The molecule has 1 amide bonds. The van der Waals surface area contributed by atoms with Gasteiger partial charge in [-0.1, -0.05) is 66.3 Å². The zero-order valence-electron chi connectivity index (χ0n) is 15.1. The van der Waals surface area contributed by atoms with Gasteiger partial charge >= 0.3 is 0 Å². The Morgan fingerprint density at radius 3 is 2.73 bits per heavy atom. The Morgan fingerprint density at radius 2 is 2.12 bits per heavy atom. The van der Waals surface area contributed by atoms with Gasteiger partial charge in [-0.15, -0.1) is 0 Å². The maximum absolute atomic E-state index is 12.4. The van der Waals surface area contributed by atoms with Gasteiger partial charge in [-0.2, -0.15) is 5.10 Å². The van der Waals surface area contributed by atoms with Crippen LogP contribution in [-0.2, 0) is 11.3 Å². The van der Waals surface area contributed by atoms with Crippen molar-refractivity contribution < 1.29 is 4.79 Å². The summed E-state index contributed by atoms with van der Waals surface area (Å²) in [6, 6.07) is 1.61. The van der Waals surface area contributed by atoms with Gasteiger partial charge in [-0.05, 0) is 30.8 Å². The topological polar surface area (TPSA) is 64.0 Å². The Morgan fingerprint density at radius 1 is 1.35 bits per heavy atom. The molecule has 0 saturated heterocycles. The lowest BCUT2D eigenvalue weighted by Gasteiger charge is -2.12. The summed E-state index contributed by atoms with van der Waals surface area (Å²) in [6.45, 7) is 5.65. The smallest absolute Gasteiger partial charge is 0.267 e. The number of halogens is 1. The Bertz CT molecular complexity index is 904. The molecular weight excluding hydrogens is 413 g/mol. The van der Waals surface area contributed by atoms with Gasteiger partial charge < -0.3 is 5.32 Å². The third-order valence-electron chi connectivity index (χ3n) is 3.76. The predicted molar refractivity (Wildman–Crippen MR) is 115 cm³/mol. The molecule has 1 aromatic heterocycles. The number of aryl methyl sites for hydroxylation is 1. The molecule has 0 aliphatic carbocycles. The van der Waals surface area contributed by atoms with Crippen molar-refractivity contribution in [3.05, 3.63) is 68.5 Å². The Labute approximate surface area is 162 Å². The van der Waals surface area contributed by atoms with Crippen LogP contribution in [0.4, 0.5) is 0 Å². The number of hydrogen-bond donors (Lipinski definition) is 1. The van der Waals surface area contributed by atoms with Crippen molar-refractivity contribution in [3.8, 4) is 0 Å². The van der Waals surface area contributed by atoms with Crippen molar-refractivity contribution in [1.82, 2.24) is 15.1 Å². The second-order valence-corrected chi connectivity index (χ2v) is 9.22. The van der Waals surface area contributed by atoms with E-state index in [0.29, 0.717) is 6.42 Å². The van der Waals surface area contributed by atoms with Gasteiger partial charge in [0.05, 0.1) is 5.69 Å². The molecule has 7 heteroatoms. The summed E-state index contributed by atoms with van der Waals surface area (Å²) in [4.78, 5) is 24.7. The highest BCUT2D eigenvalue weighted by atomic mass is 79.9. The molecule has 1 aliphatic rings. The van der Waals surface area contributed by atoms with Crippen molar-refractivity contribution in [2.24, 2.45) is 0 Å². The van der Waals surface area contributed by atoms with Gasteiger partial charge in [0.2, 0.25) is 5.91 Å². The molecule has 1 aliphatic heterocycles. The summed E-state index contributed by atoms with van der Waals surface area (Å²) in [5.41, 5.74) is 1.31. The first-order valence-electron chi connectivity index (χ1n) is 8.37. The van der Waals surface area contributed by atoms with Crippen molar-refractivity contribution in [3.63, 3.8) is 0 Å². The van der Waals surface area contributed by atoms with E-state index >= 15 is 0 Å². The number of nitrogens with one attached hydrogen (secondary N) is 1. The van der Waals surface area contributed by atoms with Gasteiger partial charge in [0.1, 0.15) is 6.54 Å². The largest absolute Gasteiger partial charge is 0.328 e. The Hall–Kier alpha value is -1.91. The highest BCUT2D eigenvalue weighted by molar-refractivity contribution is 9.11. The molecule has 2 rings (SSSR count). The second kappa shape index (κ2) is 9.70. The van der Waals surface area contributed by atoms with Crippen LogP contribution in [0.15, 0.2) is 57.2 Å². The molecule has 1 atom stereocenters. The SMILES string of the molecule is CC/C(=C\C=C(/C)Br)NC(=O)Cn1nc(C)c([PH]2=CC=CC=C2)cc1=O. The van der Waals surface area contributed by atoms with Crippen LogP contribution in [0.3, 0.4) is 0 Å². The molecule has 1 N–H and O–H groups in total. The van der Waals surface area contributed by atoms with Crippen LogP contribution in [0.25, 0.3) is 0 Å². The lowest BCUT2D eigenvalue weighted by atomic mass is 10.3. The van der Waals surface area contributed by atoms with Crippen LogP contribution in [0.1, 0.15) is 26.0 Å². The molecule has 5 nitrogen and oxygen atoms in total. The van der Waals surface area contributed by atoms with Gasteiger partial charge in [0, 0.05) is 17.1 Å². The van der Waals surface area contributed by atoms with Crippen LogP contribution in [0.5, 0.6) is 0 Å². The average molecular weight is 436 g/mol. The minimum Gasteiger partial charge on any atom is -0.328 e. The fourth-order valence-electron chi connectivity index (χ4n) is 2.43. The summed E-state index contributed by atoms with van der Waals surface area (Å²) >= 11 is 3.35. The maximum atomic E-state index is 12.4. The monoisotopic (exact) mass is 435 g/mol. The number of hydrogen-bond acceptors (Lipinski definition) is 3.